The van der Waals surface area contributed by atoms with Crippen LogP contribution in [0, 0.1) is 5.92 Å². The Morgan fingerprint density at radius 3 is 2.09 bits per heavy atom. The summed E-state index contributed by atoms with van der Waals surface area (Å²) in [5.74, 6) is 1.76. The third kappa shape index (κ3) is 5.07. The number of hydrogen-bond donors (Lipinski definition) is 1. The second-order valence-corrected chi connectivity index (χ2v) is 15.9. The van der Waals surface area contributed by atoms with Gasteiger partial charge in [-0.15, -0.1) is 11.3 Å². The van der Waals surface area contributed by atoms with Crippen LogP contribution in [0.4, 0.5) is 0 Å². The largest absolute Gasteiger partial charge is 0.454 e. The van der Waals surface area contributed by atoms with Gasteiger partial charge in [-0.1, -0.05) is 146 Å². The van der Waals surface area contributed by atoms with Gasteiger partial charge in [0.2, 0.25) is 0 Å². The molecule has 1 aliphatic carbocycles. The summed E-state index contributed by atoms with van der Waals surface area (Å²) in [5.41, 5.74) is 9.64. The van der Waals surface area contributed by atoms with Crippen LogP contribution >= 0.6 is 11.3 Å². The first-order chi connectivity index (χ1) is 28.3. The van der Waals surface area contributed by atoms with Crippen LogP contribution in [0.15, 0.2) is 178 Å². The topological polar surface area (TPSA) is 54.8 Å². The van der Waals surface area contributed by atoms with E-state index in [1.807, 2.05) is 35.6 Å². The molecule has 270 valence electrons. The van der Waals surface area contributed by atoms with Gasteiger partial charge in [0.15, 0.2) is 11.4 Å². The fourth-order valence-electron chi connectivity index (χ4n) is 9.02. The monoisotopic (exact) mass is 750 g/mol. The minimum absolute atomic E-state index is 0.0584. The third-order valence-corrected chi connectivity index (χ3v) is 12.7. The molecular formula is C51H34N4OS. The third-order valence-electron chi connectivity index (χ3n) is 11.6. The van der Waals surface area contributed by atoms with Crippen LogP contribution in [0.3, 0.4) is 0 Å². The number of fused-ring (bicyclic) bond motifs is 9. The molecule has 1 aliphatic heterocycles. The molecular weight excluding hydrogens is 717 g/mol. The minimum Gasteiger partial charge on any atom is -0.454 e. The molecule has 0 radical (unpaired) electrons. The second-order valence-electron chi connectivity index (χ2n) is 14.8. The molecule has 0 saturated heterocycles. The summed E-state index contributed by atoms with van der Waals surface area (Å²) in [6, 6.07) is 57.8. The first-order valence-electron chi connectivity index (χ1n) is 19.5. The van der Waals surface area contributed by atoms with E-state index in [4.69, 9.17) is 14.4 Å². The van der Waals surface area contributed by atoms with Gasteiger partial charge in [0.25, 0.3) is 0 Å². The van der Waals surface area contributed by atoms with Crippen molar-refractivity contribution in [2.45, 2.75) is 12.6 Å². The Kier molecular flexibility index (Phi) is 7.22. The Morgan fingerprint density at radius 2 is 1.30 bits per heavy atom. The number of aliphatic imine (C=N–C) groups is 2. The van der Waals surface area contributed by atoms with Gasteiger partial charge in [-0.2, -0.15) is 0 Å². The summed E-state index contributed by atoms with van der Waals surface area (Å²) in [5, 5.41) is 11.0. The standard InChI is InChI=1S/C51H34N4OS/c1-3-14-31(15-4-1)49-52-50(32-16-5-2-6-17-32)54-51(53-49)33-28-29-44-39(30-33)47-37(21-13-27-45(47)57-44)36-20-12-26-43-46(36)38-22-11-25-42(48(38)56-43)55-40-23-9-7-18-34(40)35-19-8-10-24-41(35)55/h1-27,29-30,33,49H,28H2,(H,52,53,54). The van der Waals surface area contributed by atoms with Crippen molar-refractivity contribution in [2.75, 3.05) is 0 Å². The van der Waals surface area contributed by atoms with Crippen LogP contribution in [0.25, 0.3) is 82.8 Å². The van der Waals surface area contributed by atoms with Crippen LogP contribution in [-0.2, 0) is 0 Å². The molecule has 10 aromatic rings. The van der Waals surface area contributed by atoms with Crippen LogP contribution < -0.4 is 15.1 Å². The van der Waals surface area contributed by atoms with Gasteiger partial charge in [0.1, 0.15) is 17.6 Å². The van der Waals surface area contributed by atoms with Gasteiger partial charge >= 0.3 is 0 Å². The fraction of sp³-hybridized carbons (Fsp3) is 0.0588. The van der Waals surface area contributed by atoms with E-state index in [0.717, 1.165) is 67.9 Å². The van der Waals surface area contributed by atoms with E-state index in [1.165, 1.54) is 41.7 Å². The number of furan rings is 1. The minimum atomic E-state index is -0.224. The zero-order valence-electron chi connectivity index (χ0n) is 30.8. The van der Waals surface area contributed by atoms with Crippen molar-refractivity contribution in [2.24, 2.45) is 15.9 Å². The number of para-hydroxylation sites is 3. The molecule has 5 nitrogen and oxygen atoms in total. The Morgan fingerprint density at radius 1 is 0.632 bits per heavy atom. The number of amidine groups is 2. The summed E-state index contributed by atoms with van der Waals surface area (Å²) >= 11 is 1.87. The van der Waals surface area contributed by atoms with Crippen LogP contribution in [0.1, 0.15) is 23.7 Å². The molecule has 0 fully saturated rings. The molecule has 6 heteroatoms. The SMILES string of the molecule is C1=c2sc3cccc(-c4cccc5oc6c(-n7c8ccccc8c8ccccc87)cccc6c45)c3c2=CC(C2=NC(c3ccccc3)=NC(c3ccccc3)N2)C1. The van der Waals surface area contributed by atoms with E-state index in [-0.39, 0.29) is 12.1 Å². The van der Waals surface area contributed by atoms with Crippen molar-refractivity contribution in [1.82, 2.24) is 9.88 Å². The Hall–Kier alpha value is -7.02. The molecule has 0 bridgehead atoms. The summed E-state index contributed by atoms with van der Waals surface area (Å²) in [7, 11) is 0. The average Bonchev–Trinajstić information content (AvgIpc) is 3.96. The molecule has 2 unspecified atom stereocenters. The Balaban J connectivity index is 1.03. The lowest BCUT2D eigenvalue weighted by atomic mass is 9.92. The predicted octanol–water partition coefficient (Wildman–Crippen LogP) is 11.3. The van der Waals surface area contributed by atoms with Crippen LogP contribution in [-0.4, -0.2) is 16.2 Å². The molecule has 0 spiro atoms. The molecule has 57 heavy (non-hydrogen) atoms. The number of rotatable bonds is 5. The zero-order chi connectivity index (χ0) is 37.5. The van der Waals surface area contributed by atoms with Gasteiger partial charge in [-0.3, -0.25) is 0 Å². The molecule has 3 aromatic heterocycles. The van der Waals surface area contributed by atoms with Gasteiger partial charge in [0.05, 0.1) is 16.7 Å². The maximum absolute atomic E-state index is 6.90. The average molecular weight is 751 g/mol. The Labute approximate surface area is 331 Å². The van der Waals surface area contributed by atoms with Crippen molar-refractivity contribution >= 4 is 89.0 Å². The van der Waals surface area contributed by atoms with Crippen molar-refractivity contribution in [1.29, 1.82) is 0 Å². The van der Waals surface area contributed by atoms with Crippen LogP contribution in [0.5, 0.6) is 0 Å². The number of nitrogens with one attached hydrogen (secondary N) is 1. The van der Waals surface area contributed by atoms with Gasteiger partial charge in [-0.25, -0.2) is 9.98 Å². The molecule has 0 amide bonds. The molecule has 7 aromatic carbocycles. The highest BCUT2D eigenvalue weighted by Crippen LogP contribution is 2.42. The molecule has 12 rings (SSSR count). The lowest BCUT2D eigenvalue weighted by Gasteiger charge is -2.27. The van der Waals surface area contributed by atoms with Gasteiger partial charge < -0.3 is 14.3 Å². The number of nitrogens with zero attached hydrogens (tertiary/aromatic N) is 3. The number of thiophene rings is 1. The predicted molar refractivity (Wildman–Crippen MR) is 238 cm³/mol. The summed E-state index contributed by atoms with van der Waals surface area (Å²) in [4.78, 5) is 10.3. The Bertz CT molecular complexity index is 3370. The second kappa shape index (κ2) is 12.8. The summed E-state index contributed by atoms with van der Waals surface area (Å²) < 4.78 is 11.8. The lowest BCUT2D eigenvalue weighted by Crippen LogP contribution is -2.39. The molecule has 2 atom stereocenters. The lowest BCUT2D eigenvalue weighted by molar-refractivity contribution is 0.650. The first-order valence-corrected chi connectivity index (χ1v) is 20.3. The van der Waals surface area contributed by atoms with E-state index >= 15 is 0 Å². The summed E-state index contributed by atoms with van der Waals surface area (Å²) in [6.45, 7) is 0. The summed E-state index contributed by atoms with van der Waals surface area (Å²) in [6.07, 6.45) is 5.47. The molecule has 2 aliphatic rings. The number of hydrogen-bond acceptors (Lipinski definition) is 5. The first kappa shape index (κ1) is 32.2. The highest BCUT2D eigenvalue weighted by Gasteiger charge is 2.26. The van der Waals surface area contributed by atoms with Gasteiger partial charge in [0, 0.05) is 47.6 Å². The molecule has 1 N–H and O–H groups in total. The highest BCUT2D eigenvalue weighted by molar-refractivity contribution is 7.17. The van der Waals surface area contributed by atoms with Crippen molar-refractivity contribution in [3.8, 4) is 16.8 Å². The van der Waals surface area contributed by atoms with E-state index in [2.05, 4.69) is 162 Å². The fourth-order valence-corrected chi connectivity index (χ4v) is 10.2. The zero-order valence-corrected chi connectivity index (χ0v) is 31.6. The van der Waals surface area contributed by atoms with E-state index in [1.54, 1.807) is 0 Å². The van der Waals surface area contributed by atoms with Crippen molar-refractivity contribution < 1.29 is 4.42 Å². The highest BCUT2D eigenvalue weighted by atomic mass is 32.1. The van der Waals surface area contributed by atoms with Crippen molar-refractivity contribution in [3.63, 3.8) is 0 Å². The van der Waals surface area contributed by atoms with Crippen LogP contribution in [0.2, 0.25) is 0 Å². The molecule has 0 saturated carbocycles. The molecule has 4 heterocycles. The maximum Gasteiger partial charge on any atom is 0.159 e. The van der Waals surface area contributed by atoms with Gasteiger partial charge in [-0.05, 0) is 58.7 Å². The smallest absolute Gasteiger partial charge is 0.159 e. The number of benzene rings is 7. The normalized spacial score (nSPS) is 16.6. The van der Waals surface area contributed by atoms with E-state index < -0.39 is 0 Å². The number of aromatic nitrogens is 1. The quantitative estimate of drug-likeness (QED) is 0.190. The van der Waals surface area contributed by atoms with E-state index in [9.17, 15) is 0 Å². The van der Waals surface area contributed by atoms with Crippen molar-refractivity contribution in [3.05, 3.63) is 185 Å². The van der Waals surface area contributed by atoms with E-state index in [0.29, 0.717) is 0 Å². The maximum atomic E-state index is 6.90.